The summed E-state index contributed by atoms with van der Waals surface area (Å²) >= 11 is 0. The highest BCUT2D eigenvalue weighted by Crippen LogP contribution is 2.36. The minimum absolute atomic E-state index is 0.227. The molecule has 4 heterocycles. The number of piperazine rings is 1. The summed E-state index contributed by atoms with van der Waals surface area (Å²) in [6, 6.07) is 1.44. The van der Waals surface area contributed by atoms with E-state index in [1.165, 1.54) is 17.1 Å². The van der Waals surface area contributed by atoms with E-state index in [1.54, 1.807) is 0 Å². The molecule has 140 valence electrons. The first-order valence-electron chi connectivity index (χ1n) is 8.24. The summed E-state index contributed by atoms with van der Waals surface area (Å²) in [7, 11) is 0. The minimum atomic E-state index is -4.57. The van der Waals surface area contributed by atoms with Crippen LogP contribution in [0.1, 0.15) is 5.69 Å². The number of hydrogen-bond acceptors (Lipinski definition) is 7. The van der Waals surface area contributed by atoms with Crippen molar-refractivity contribution in [3.05, 3.63) is 24.2 Å². The molecule has 0 bridgehead atoms. The average molecular weight is 369 g/mol. The lowest BCUT2D eigenvalue weighted by atomic mass is 10.1. The number of hydrogen-bond donors (Lipinski definition) is 1. The summed E-state index contributed by atoms with van der Waals surface area (Å²) in [6.45, 7) is 4.08. The van der Waals surface area contributed by atoms with Crippen molar-refractivity contribution in [2.75, 3.05) is 50.0 Å². The van der Waals surface area contributed by atoms with Crippen LogP contribution in [-0.4, -0.2) is 70.3 Å². The predicted octanol–water partition coefficient (Wildman–Crippen LogP) is 0.784. The molecule has 2 aromatic heterocycles. The van der Waals surface area contributed by atoms with Crippen molar-refractivity contribution in [3.8, 4) is 5.69 Å². The number of nitrogen functional groups attached to an aromatic ring is 1. The van der Waals surface area contributed by atoms with Crippen molar-refractivity contribution >= 4 is 11.5 Å². The lowest BCUT2D eigenvalue weighted by Crippen LogP contribution is -2.56. The van der Waals surface area contributed by atoms with Crippen LogP contribution in [0.25, 0.3) is 5.69 Å². The normalized spacial score (nSPS) is 19.6. The van der Waals surface area contributed by atoms with Gasteiger partial charge in [-0.3, -0.25) is 4.90 Å². The molecular formula is C15H18F3N7O. The molecule has 26 heavy (non-hydrogen) atoms. The first-order chi connectivity index (χ1) is 12.4. The molecule has 2 aromatic rings. The number of nitrogens with two attached hydrogens (primary N) is 1. The Balaban J connectivity index is 1.68. The second-order valence-electron chi connectivity index (χ2n) is 6.32. The zero-order valence-corrected chi connectivity index (χ0v) is 13.9. The number of aromatic nitrogens is 4. The van der Waals surface area contributed by atoms with Crippen LogP contribution in [0.15, 0.2) is 18.5 Å². The molecule has 11 heteroatoms. The number of ether oxygens (including phenoxy) is 1. The van der Waals surface area contributed by atoms with E-state index in [0.717, 1.165) is 19.2 Å². The summed E-state index contributed by atoms with van der Waals surface area (Å²) in [5, 5.41) is 7.59. The topological polar surface area (TPSA) is 85.3 Å². The van der Waals surface area contributed by atoms with E-state index in [4.69, 9.17) is 10.5 Å². The smallest absolute Gasteiger partial charge is 0.382 e. The van der Waals surface area contributed by atoms with Crippen molar-refractivity contribution < 1.29 is 17.9 Å². The largest absolute Gasteiger partial charge is 0.433 e. The molecule has 2 N–H and O–H groups in total. The zero-order chi connectivity index (χ0) is 18.3. The Kier molecular flexibility index (Phi) is 4.19. The van der Waals surface area contributed by atoms with Gasteiger partial charge in [-0.1, -0.05) is 5.21 Å². The quantitative estimate of drug-likeness (QED) is 0.856. The fourth-order valence-electron chi connectivity index (χ4n) is 3.25. The number of pyridine rings is 1. The van der Waals surface area contributed by atoms with E-state index in [1.807, 2.05) is 4.90 Å². The standard InChI is InChI=1S/C15H18F3N7O/c16-15(17,18)12-7-11(13(14(19)21-12)25-2-1-20-22-25)24-5-3-23(4-6-24)10-8-26-9-10/h1-2,7,10H,3-6,8-9H2,(H2,19,21). The van der Waals surface area contributed by atoms with E-state index in [-0.39, 0.29) is 5.82 Å². The summed E-state index contributed by atoms with van der Waals surface area (Å²) in [6.07, 6.45) is -1.60. The highest BCUT2D eigenvalue weighted by atomic mass is 19.4. The second kappa shape index (κ2) is 6.40. The van der Waals surface area contributed by atoms with Gasteiger partial charge < -0.3 is 15.4 Å². The third-order valence-corrected chi connectivity index (χ3v) is 4.73. The van der Waals surface area contributed by atoms with Crippen molar-refractivity contribution in [3.63, 3.8) is 0 Å². The molecule has 4 rings (SSSR count). The molecule has 2 aliphatic rings. The molecule has 0 unspecified atom stereocenters. The van der Waals surface area contributed by atoms with Gasteiger partial charge in [0.2, 0.25) is 0 Å². The van der Waals surface area contributed by atoms with Gasteiger partial charge in [-0.2, -0.15) is 13.2 Å². The Labute approximate surface area is 147 Å². The summed E-state index contributed by atoms with van der Waals surface area (Å²) in [4.78, 5) is 7.72. The monoisotopic (exact) mass is 369 g/mol. The maximum Gasteiger partial charge on any atom is 0.433 e. The zero-order valence-electron chi connectivity index (χ0n) is 13.9. The van der Waals surface area contributed by atoms with Gasteiger partial charge in [0.1, 0.15) is 11.4 Å². The maximum atomic E-state index is 13.2. The Morgan fingerprint density at radius 1 is 1.15 bits per heavy atom. The number of nitrogens with zero attached hydrogens (tertiary/aromatic N) is 6. The van der Waals surface area contributed by atoms with Crippen LogP contribution in [0.4, 0.5) is 24.7 Å². The number of rotatable bonds is 3. The first-order valence-corrected chi connectivity index (χ1v) is 8.24. The molecule has 2 saturated heterocycles. The number of halogens is 3. The third-order valence-electron chi connectivity index (χ3n) is 4.73. The fourth-order valence-corrected chi connectivity index (χ4v) is 3.25. The SMILES string of the molecule is Nc1nc(C(F)(F)F)cc(N2CCN(C3COC3)CC2)c1-n1ccnn1. The Morgan fingerprint density at radius 3 is 2.42 bits per heavy atom. The Hall–Kier alpha value is -2.40. The van der Waals surface area contributed by atoms with Gasteiger partial charge in [-0.25, -0.2) is 9.67 Å². The van der Waals surface area contributed by atoms with Gasteiger partial charge in [-0.15, -0.1) is 5.10 Å². The van der Waals surface area contributed by atoms with Gasteiger partial charge in [0.25, 0.3) is 0 Å². The lowest BCUT2D eigenvalue weighted by Gasteiger charge is -2.43. The maximum absolute atomic E-state index is 13.2. The summed E-state index contributed by atoms with van der Waals surface area (Å²) in [5.41, 5.74) is 5.54. The van der Waals surface area contributed by atoms with E-state index >= 15 is 0 Å². The van der Waals surface area contributed by atoms with E-state index < -0.39 is 11.9 Å². The number of alkyl halides is 3. The molecule has 0 saturated carbocycles. The van der Waals surface area contributed by atoms with Gasteiger partial charge in [0.05, 0.1) is 37.3 Å². The molecule has 0 aromatic carbocycles. The highest BCUT2D eigenvalue weighted by Gasteiger charge is 2.36. The number of anilines is 2. The van der Waals surface area contributed by atoms with E-state index in [0.29, 0.717) is 43.7 Å². The van der Waals surface area contributed by atoms with Crippen molar-refractivity contribution in [1.82, 2.24) is 24.9 Å². The molecule has 0 atom stereocenters. The highest BCUT2D eigenvalue weighted by molar-refractivity contribution is 5.72. The van der Waals surface area contributed by atoms with Gasteiger partial charge in [-0.05, 0) is 6.07 Å². The van der Waals surface area contributed by atoms with Crippen molar-refractivity contribution in [2.24, 2.45) is 0 Å². The van der Waals surface area contributed by atoms with Gasteiger partial charge in [0.15, 0.2) is 5.82 Å². The van der Waals surface area contributed by atoms with Gasteiger partial charge in [0, 0.05) is 26.2 Å². The fraction of sp³-hybridized carbons (Fsp3) is 0.533. The first kappa shape index (κ1) is 17.0. The summed E-state index contributed by atoms with van der Waals surface area (Å²) in [5.74, 6) is -0.227. The van der Waals surface area contributed by atoms with Crippen LogP contribution in [0.3, 0.4) is 0 Å². The van der Waals surface area contributed by atoms with Crippen molar-refractivity contribution in [2.45, 2.75) is 12.2 Å². The second-order valence-corrected chi connectivity index (χ2v) is 6.32. The van der Waals surface area contributed by atoms with Crippen LogP contribution in [0.5, 0.6) is 0 Å². The van der Waals surface area contributed by atoms with Crippen LogP contribution in [0.2, 0.25) is 0 Å². The molecule has 0 spiro atoms. The molecule has 8 nitrogen and oxygen atoms in total. The molecule has 0 amide bonds. The van der Waals surface area contributed by atoms with Crippen LogP contribution in [0, 0.1) is 0 Å². The Bertz CT molecular complexity index is 768. The van der Waals surface area contributed by atoms with Gasteiger partial charge >= 0.3 is 6.18 Å². The van der Waals surface area contributed by atoms with Crippen LogP contribution >= 0.6 is 0 Å². The molecule has 0 radical (unpaired) electrons. The van der Waals surface area contributed by atoms with E-state index in [2.05, 4.69) is 20.2 Å². The van der Waals surface area contributed by atoms with Crippen molar-refractivity contribution in [1.29, 1.82) is 0 Å². The van der Waals surface area contributed by atoms with Crippen LogP contribution < -0.4 is 10.6 Å². The minimum Gasteiger partial charge on any atom is -0.382 e. The predicted molar refractivity (Wildman–Crippen MR) is 87.0 cm³/mol. The molecule has 0 aliphatic carbocycles. The third kappa shape index (κ3) is 3.07. The van der Waals surface area contributed by atoms with Crippen LogP contribution in [-0.2, 0) is 10.9 Å². The lowest BCUT2D eigenvalue weighted by molar-refractivity contribution is -0.141. The molecular weight excluding hydrogens is 351 g/mol. The summed E-state index contributed by atoms with van der Waals surface area (Å²) < 4.78 is 46.2. The molecule has 2 fully saturated rings. The molecule has 2 aliphatic heterocycles. The van der Waals surface area contributed by atoms with E-state index in [9.17, 15) is 13.2 Å². The Morgan fingerprint density at radius 2 is 1.88 bits per heavy atom. The average Bonchev–Trinajstić information content (AvgIpc) is 3.06.